The molecule has 0 N–H and O–H groups in total. The van der Waals surface area contributed by atoms with Crippen LogP contribution in [0.4, 0.5) is 17.1 Å². The number of para-hydroxylation sites is 6. The Morgan fingerprint density at radius 1 is 0.329 bits per heavy atom. The van der Waals surface area contributed by atoms with Crippen molar-refractivity contribution >= 4 is 82.6 Å². The van der Waals surface area contributed by atoms with Gasteiger partial charge in [-0.15, -0.1) is 0 Å². The lowest BCUT2D eigenvalue weighted by Crippen LogP contribution is -2.16. The van der Waals surface area contributed by atoms with Gasteiger partial charge in [0.2, 0.25) is 0 Å². The number of aromatic nitrogens is 2. The molecule has 3 aromatic heterocycles. The number of nitrogens with zero attached hydrogens (tertiary/aromatic N) is 3. The molecule has 0 bridgehead atoms. The topological polar surface area (TPSA) is 26.2 Å². The highest BCUT2D eigenvalue weighted by molar-refractivity contribution is 6.12. The molecule has 0 amide bonds. The molecule has 4 heteroatoms. The Morgan fingerprint density at radius 3 is 1.51 bits per heavy atom. The van der Waals surface area contributed by atoms with E-state index in [1.807, 2.05) is 6.07 Å². The number of hydrogen-bond acceptors (Lipinski definition) is 2. The first kappa shape index (κ1) is 41.4. The maximum Gasteiger partial charge on any atom is 0.143 e. The van der Waals surface area contributed by atoms with Gasteiger partial charge in [0.05, 0.1) is 22.1 Å². The largest absolute Gasteiger partial charge is 0.455 e. The molecule has 14 aromatic rings. The van der Waals surface area contributed by atoms with Gasteiger partial charge in [-0.05, 0) is 136 Å². The van der Waals surface area contributed by atoms with E-state index < -0.39 is 0 Å². The van der Waals surface area contributed by atoms with Crippen molar-refractivity contribution in [2.45, 2.75) is 19.3 Å². The van der Waals surface area contributed by atoms with Crippen LogP contribution in [0.2, 0.25) is 0 Å². The summed E-state index contributed by atoms with van der Waals surface area (Å²) in [4.78, 5) is 2.42. The molecule has 1 aliphatic rings. The monoisotopic (exact) mass is 933 g/mol. The van der Waals surface area contributed by atoms with Crippen LogP contribution in [0.15, 0.2) is 253 Å². The summed E-state index contributed by atoms with van der Waals surface area (Å²) in [6.45, 7) is 4.75. The van der Waals surface area contributed by atoms with E-state index in [1.165, 1.54) is 71.4 Å². The summed E-state index contributed by atoms with van der Waals surface area (Å²) in [6.07, 6.45) is 0. The Hall–Kier alpha value is -9.38. The van der Waals surface area contributed by atoms with E-state index in [0.717, 1.165) is 67.1 Å². The summed E-state index contributed by atoms with van der Waals surface area (Å²) in [6, 6.07) is 90.9. The van der Waals surface area contributed by atoms with Crippen LogP contribution in [0.25, 0.3) is 110 Å². The lowest BCUT2D eigenvalue weighted by atomic mass is 9.81. The second kappa shape index (κ2) is 15.8. The molecule has 1 aliphatic carbocycles. The number of benzene rings is 11. The van der Waals surface area contributed by atoms with Crippen molar-refractivity contribution in [3.63, 3.8) is 0 Å². The molecule has 0 spiro atoms. The van der Waals surface area contributed by atoms with Crippen LogP contribution in [-0.2, 0) is 5.41 Å². The van der Waals surface area contributed by atoms with Crippen molar-refractivity contribution in [3.8, 4) is 44.8 Å². The molecule has 15 rings (SSSR count). The van der Waals surface area contributed by atoms with Crippen LogP contribution >= 0.6 is 0 Å². The SMILES string of the molecule is CC1(C)c2cc(-c3cccc4c3oc3ccccc34)ccc2-c2ccc(N(c3ccc(-c4ccc5c6ccccc6n(-c6ccccc6)c5c4)cc3)c3ccc(-n4c5ccccc5c5ccccc54)cc3)cc21. The van der Waals surface area contributed by atoms with Crippen molar-refractivity contribution in [2.75, 3.05) is 4.90 Å². The van der Waals surface area contributed by atoms with Crippen LogP contribution in [0.1, 0.15) is 25.0 Å². The van der Waals surface area contributed by atoms with E-state index in [4.69, 9.17) is 4.42 Å². The lowest BCUT2D eigenvalue weighted by Gasteiger charge is -2.28. The van der Waals surface area contributed by atoms with Crippen LogP contribution in [0.5, 0.6) is 0 Å². The Balaban J connectivity index is 0.846. The molecule has 3 heterocycles. The van der Waals surface area contributed by atoms with Gasteiger partial charge in [0, 0.05) is 71.7 Å². The van der Waals surface area contributed by atoms with Gasteiger partial charge in [-0.3, -0.25) is 0 Å². The van der Waals surface area contributed by atoms with E-state index in [-0.39, 0.29) is 5.41 Å². The molecule has 0 saturated heterocycles. The Kier molecular flexibility index (Phi) is 8.97. The maximum atomic E-state index is 6.54. The predicted octanol–water partition coefficient (Wildman–Crippen LogP) is 18.9. The second-order valence-corrected chi connectivity index (χ2v) is 20.1. The minimum absolute atomic E-state index is 0.269. The number of furan rings is 1. The van der Waals surface area contributed by atoms with Crippen molar-refractivity contribution < 1.29 is 4.42 Å². The van der Waals surface area contributed by atoms with Crippen molar-refractivity contribution in [1.29, 1.82) is 0 Å². The minimum Gasteiger partial charge on any atom is -0.455 e. The minimum atomic E-state index is -0.269. The first-order valence-corrected chi connectivity index (χ1v) is 25.2. The molecule has 73 heavy (non-hydrogen) atoms. The second-order valence-electron chi connectivity index (χ2n) is 20.1. The van der Waals surface area contributed by atoms with Crippen LogP contribution in [-0.4, -0.2) is 9.13 Å². The molecule has 0 atom stereocenters. The van der Waals surface area contributed by atoms with Gasteiger partial charge in [0.25, 0.3) is 0 Å². The van der Waals surface area contributed by atoms with Gasteiger partial charge in [0.15, 0.2) is 0 Å². The fourth-order valence-corrected chi connectivity index (χ4v) is 12.2. The summed E-state index contributed by atoms with van der Waals surface area (Å²) < 4.78 is 11.3. The van der Waals surface area contributed by atoms with Crippen LogP contribution in [0, 0.1) is 0 Å². The smallest absolute Gasteiger partial charge is 0.143 e. The number of anilines is 3. The van der Waals surface area contributed by atoms with Crippen LogP contribution < -0.4 is 4.90 Å². The molecule has 0 unspecified atom stereocenters. The van der Waals surface area contributed by atoms with Gasteiger partial charge in [-0.1, -0.05) is 166 Å². The Bertz CT molecular complexity index is 4460. The molecular formula is C69H47N3O. The fraction of sp³-hybridized carbons (Fsp3) is 0.0435. The average Bonchev–Trinajstić information content (AvgIpc) is 4.16. The molecule has 0 saturated carbocycles. The highest BCUT2D eigenvalue weighted by Gasteiger charge is 2.36. The van der Waals surface area contributed by atoms with Gasteiger partial charge in [-0.2, -0.15) is 0 Å². The Morgan fingerprint density at radius 2 is 0.822 bits per heavy atom. The summed E-state index contributed by atoms with van der Waals surface area (Å²) in [7, 11) is 0. The Labute approximate surface area is 422 Å². The van der Waals surface area contributed by atoms with E-state index in [2.05, 4.69) is 271 Å². The van der Waals surface area contributed by atoms with Crippen molar-refractivity contribution in [1.82, 2.24) is 9.13 Å². The van der Waals surface area contributed by atoms with E-state index in [9.17, 15) is 0 Å². The number of rotatable bonds is 7. The lowest BCUT2D eigenvalue weighted by molar-refractivity contribution is 0.660. The third-order valence-electron chi connectivity index (χ3n) is 15.7. The first-order chi connectivity index (χ1) is 36.0. The number of hydrogen-bond donors (Lipinski definition) is 0. The molecule has 0 fully saturated rings. The van der Waals surface area contributed by atoms with Crippen molar-refractivity contribution in [2.24, 2.45) is 0 Å². The summed E-state index contributed by atoms with van der Waals surface area (Å²) >= 11 is 0. The third-order valence-corrected chi connectivity index (χ3v) is 15.7. The zero-order valence-corrected chi connectivity index (χ0v) is 40.4. The molecule has 11 aromatic carbocycles. The summed E-state index contributed by atoms with van der Waals surface area (Å²) in [5.74, 6) is 0. The standard InChI is InChI=1S/C69H47N3O/c1-69(2)61-41-46(52-21-14-22-60-59-20-9-13-26-67(59)73-68(52)60)30-38-53(61)54-40-37-51(43-62(54)69)70(49-33-35-50(36-34-49)71-63-23-10-6-17-55(63)56-18-7-11-24-64(56)71)48-31-27-44(28-32-48)45-29-39-58-57-19-8-12-25-65(57)72(66(58)42-45)47-15-4-3-5-16-47/h3-43H,1-2H3. The molecule has 344 valence electrons. The van der Waals surface area contributed by atoms with Gasteiger partial charge >= 0.3 is 0 Å². The molecular weight excluding hydrogens is 887 g/mol. The third kappa shape index (κ3) is 6.27. The quantitative estimate of drug-likeness (QED) is 0.159. The maximum absolute atomic E-state index is 6.54. The highest BCUT2D eigenvalue weighted by atomic mass is 16.3. The number of fused-ring (bicyclic) bond motifs is 12. The van der Waals surface area contributed by atoms with Gasteiger partial charge < -0.3 is 18.5 Å². The van der Waals surface area contributed by atoms with Crippen LogP contribution in [0.3, 0.4) is 0 Å². The fourth-order valence-electron chi connectivity index (χ4n) is 12.2. The van der Waals surface area contributed by atoms with Gasteiger partial charge in [-0.25, -0.2) is 0 Å². The zero-order chi connectivity index (χ0) is 48.4. The molecule has 0 radical (unpaired) electrons. The summed E-state index contributed by atoms with van der Waals surface area (Å²) in [5, 5.41) is 7.30. The highest BCUT2D eigenvalue weighted by Crippen LogP contribution is 2.52. The van der Waals surface area contributed by atoms with E-state index in [0.29, 0.717) is 0 Å². The van der Waals surface area contributed by atoms with Gasteiger partial charge in [0.1, 0.15) is 11.2 Å². The summed E-state index contributed by atoms with van der Waals surface area (Å²) in [5.41, 5.74) is 21.7. The van der Waals surface area contributed by atoms with E-state index in [1.54, 1.807) is 0 Å². The predicted molar refractivity (Wildman–Crippen MR) is 306 cm³/mol. The normalized spacial score (nSPS) is 12.9. The average molecular weight is 934 g/mol. The molecule has 4 nitrogen and oxygen atoms in total. The first-order valence-electron chi connectivity index (χ1n) is 25.2. The zero-order valence-electron chi connectivity index (χ0n) is 40.4. The van der Waals surface area contributed by atoms with E-state index >= 15 is 0 Å². The van der Waals surface area contributed by atoms with Crippen molar-refractivity contribution in [3.05, 3.63) is 260 Å². The molecule has 0 aliphatic heterocycles.